The van der Waals surface area contributed by atoms with Gasteiger partial charge in [-0.05, 0) is 31.7 Å². The maximum Gasteiger partial charge on any atom is 0.159 e. The lowest BCUT2D eigenvalue weighted by molar-refractivity contribution is 0.451. The second-order valence-corrected chi connectivity index (χ2v) is 4.60. The van der Waals surface area contributed by atoms with Crippen LogP contribution in [-0.2, 0) is 0 Å². The number of nitrogens with zero attached hydrogens (tertiary/aromatic N) is 3. The number of aromatic nitrogens is 3. The Morgan fingerprint density at radius 2 is 2.33 bits per heavy atom. The summed E-state index contributed by atoms with van der Waals surface area (Å²) in [4.78, 5) is 4.35. The zero-order valence-corrected chi connectivity index (χ0v) is 9.28. The number of halogens is 1. The Labute approximate surface area is 93.1 Å². The third kappa shape index (κ3) is 1.42. The fraction of sp³-hybridized carbons (Fsp3) is 0.455. The van der Waals surface area contributed by atoms with Gasteiger partial charge < -0.3 is 0 Å². The van der Waals surface area contributed by atoms with Crippen molar-refractivity contribution in [3.63, 3.8) is 0 Å². The van der Waals surface area contributed by atoms with Crippen LogP contribution >= 0.6 is 11.6 Å². The highest BCUT2D eigenvalue weighted by Gasteiger charge is 2.30. The first-order chi connectivity index (χ1) is 7.27. The fourth-order valence-corrected chi connectivity index (χ4v) is 2.18. The summed E-state index contributed by atoms with van der Waals surface area (Å²) in [6.45, 7) is 2.20. The summed E-state index contributed by atoms with van der Waals surface area (Å²) in [5, 5.41) is 6.07. The molecule has 2 aromatic heterocycles. The molecule has 1 atom stereocenters. The molecule has 2 aromatic rings. The van der Waals surface area contributed by atoms with Crippen molar-refractivity contribution in [1.82, 2.24) is 14.8 Å². The van der Waals surface area contributed by atoms with Gasteiger partial charge in [0.1, 0.15) is 0 Å². The summed E-state index contributed by atoms with van der Waals surface area (Å²) in [7, 11) is 0. The maximum absolute atomic E-state index is 6.08. The van der Waals surface area contributed by atoms with Crippen molar-refractivity contribution < 1.29 is 0 Å². The van der Waals surface area contributed by atoms with Gasteiger partial charge in [-0.3, -0.25) is 0 Å². The molecule has 4 heteroatoms. The predicted molar refractivity (Wildman–Crippen MR) is 60.0 cm³/mol. The normalized spacial score (nSPS) is 18.3. The molecule has 0 amide bonds. The molecule has 0 spiro atoms. The Kier molecular flexibility index (Phi) is 1.96. The molecule has 1 fully saturated rings. The SMILES string of the molecule is CC(C1CC1)n1ncc2c(Cl)ccnc21. The summed E-state index contributed by atoms with van der Waals surface area (Å²) in [5.41, 5.74) is 0.905. The van der Waals surface area contributed by atoms with Crippen LogP contribution in [0.2, 0.25) is 5.02 Å². The van der Waals surface area contributed by atoms with E-state index in [0.29, 0.717) is 6.04 Å². The first-order valence-corrected chi connectivity index (χ1v) is 5.63. The Hall–Kier alpha value is -1.09. The Morgan fingerprint density at radius 1 is 1.53 bits per heavy atom. The van der Waals surface area contributed by atoms with Crippen LogP contribution < -0.4 is 0 Å². The fourth-order valence-electron chi connectivity index (χ4n) is 1.99. The Balaban J connectivity index is 2.15. The van der Waals surface area contributed by atoms with Gasteiger partial charge in [0.15, 0.2) is 5.65 Å². The summed E-state index contributed by atoms with van der Waals surface area (Å²) in [5.74, 6) is 0.772. The van der Waals surface area contributed by atoms with Crippen LogP contribution in [-0.4, -0.2) is 14.8 Å². The van der Waals surface area contributed by atoms with Crippen molar-refractivity contribution in [3.05, 3.63) is 23.5 Å². The minimum absolute atomic E-state index is 0.438. The van der Waals surface area contributed by atoms with E-state index in [1.165, 1.54) is 12.8 Å². The molecule has 0 aromatic carbocycles. The lowest BCUT2D eigenvalue weighted by Crippen LogP contribution is -2.09. The summed E-state index contributed by atoms with van der Waals surface area (Å²) < 4.78 is 2.00. The Morgan fingerprint density at radius 3 is 3.07 bits per heavy atom. The van der Waals surface area contributed by atoms with E-state index in [-0.39, 0.29) is 0 Å². The van der Waals surface area contributed by atoms with Gasteiger partial charge in [0.25, 0.3) is 0 Å². The van der Waals surface area contributed by atoms with E-state index in [4.69, 9.17) is 11.6 Å². The van der Waals surface area contributed by atoms with Gasteiger partial charge in [0.2, 0.25) is 0 Å². The molecule has 0 bridgehead atoms. The number of fused-ring (bicyclic) bond motifs is 1. The Bertz CT molecular complexity index is 502. The molecule has 3 rings (SSSR count). The van der Waals surface area contributed by atoms with E-state index < -0.39 is 0 Å². The van der Waals surface area contributed by atoms with Crippen LogP contribution in [0, 0.1) is 5.92 Å². The van der Waals surface area contributed by atoms with E-state index in [9.17, 15) is 0 Å². The highest BCUT2D eigenvalue weighted by atomic mass is 35.5. The van der Waals surface area contributed by atoms with E-state index in [2.05, 4.69) is 17.0 Å². The highest BCUT2D eigenvalue weighted by molar-refractivity contribution is 6.35. The minimum atomic E-state index is 0.438. The van der Waals surface area contributed by atoms with Gasteiger partial charge in [0.05, 0.1) is 22.6 Å². The predicted octanol–water partition coefficient (Wildman–Crippen LogP) is 3.06. The topological polar surface area (TPSA) is 30.7 Å². The lowest BCUT2D eigenvalue weighted by Gasteiger charge is -2.11. The van der Waals surface area contributed by atoms with Gasteiger partial charge in [-0.1, -0.05) is 11.6 Å². The van der Waals surface area contributed by atoms with Gasteiger partial charge in [-0.2, -0.15) is 5.10 Å². The van der Waals surface area contributed by atoms with Crippen LogP contribution in [0.1, 0.15) is 25.8 Å². The van der Waals surface area contributed by atoms with E-state index >= 15 is 0 Å². The summed E-state index contributed by atoms with van der Waals surface area (Å²) in [6, 6.07) is 2.24. The van der Waals surface area contributed by atoms with Crippen molar-refractivity contribution in [2.24, 2.45) is 5.92 Å². The van der Waals surface area contributed by atoms with E-state index in [1.54, 1.807) is 12.3 Å². The summed E-state index contributed by atoms with van der Waals surface area (Å²) >= 11 is 6.08. The smallest absolute Gasteiger partial charge is 0.159 e. The zero-order chi connectivity index (χ0) is 10.4. The molecule has 1 aliphatic carbocycles. The number of rotatable bonds is 2. The molecule has 3 nitrogen and oxygen atoms in total. The largest absolute Gasteiger partial charge is 0.244 e. The third-order valence-electron chi connectivity index (χ3n) is 3.13. The zero-order valence-electron chi connectivity index (χ0n) is 8.52. The molecule has 0 N–H and O–H groups in total. The molecule has 1 saturated carbocycles. The summed E-state index contributed by atoms with van der Waals surface area (Å²) in [6.07, 6.45) is 6.16. The second kappa shape index (κ2) is 3.20. The van der Waals surface area contributed by atoms with Gasteiger partial charge in [-0.15, -0.1) is 0 Å². The third-order valence-corrected chi connectivity index (χ3v) is 3.46. The molecular formula is C11H12ClN3. The van der Waals surface area contributed by atoms with Crippen molar-refractivity contribution in [2.75, 3.05) is 0 Å². The van der Waals surface area contributed by atoms with Crippen LogP contribution in [0.25, 0.3) is 11.0 Å². The van der Waals surface area contributed by atoms with Gasteiger partial charge in [-0.25, -0.2) is 9.67 Å². The molecule has 78 valence electrons. The molecule has 2 heterocycles. The molecule has 1 aliphatic rings. The van der Waals surface area contributed by atoms with Crippen LogP contribution in [0.15, 0.2) is 18.5 Å². The van der Waals surface area contributed by atoms with Crippen LogP contribution in [0.4, 0.5) is 0 Å². The molecule has 1 unspecified atom stereocenters. The monoisotopic (exact) mass is 221 g/mol. The van der Waals surface area contributed by atoms with Crippen molar-refractivity contribution in [1.29, 1.82) is 0 Å². The first kappa shape index (κ1) is 9.16. The number of hydrogen-bond acceptors (Lipinski definition) is 2. The molecular weight excluding hydrogens is 210 g/mol. The standard InChI is InChI=1S/C11H12ClN3/c1-7(8-2-3-8)15-11-9(6-14-15)10(12)4-5-13-11/h4-8H,2-3H2,1H3. The van der Waals surface area contributed by atoms with Gasteiger partial charge >= 0.3 is 0 Å². The highest BCUT2D eigenvalue weighted by Crippen LogP contribution is 2.40. The van der Waals surface area contributed by atoms with Gasteiger partial charge in [0, 0.05) is 6.20 Å². The average molecular weight is 222 g/mol. The van der Waals surface area contributed by atoms with Crippen molar-refractivity contribution in [2.45, 2.75) is 25.8 Å². The van der Waals surface area contributed by atoms with Crippen molar-refractivity contribution >= 4 is 22.6 Å². The molecule has 0 aliphatic heterocycles. The van der Waals surface area contributed by atoms with Crippen LogP contribution in [0.5, 0.6) is 0 Å². The van der Waals surface area contributed by atoms with Crippen LogP contribution in [0.3, 0.4) is 0 Å². The first-order valence-electron chi connectivity index (χ1n) is 5.25. The van der Waals surface area contributed by atoms with E-state index in [1.807, 2.05) is 10.9 Å². The minimum Gasteiger partial charge on any atom is -0.244 e. The maximum atomic E-state index is 6.08. The quantitative estimate of drug-likeness (QED) is 0.781. The average Bonchev–Trinajstić information content (AvgIpc) is 2.98. The van der Waals surface area contributed by atoms with Crippen molar-refractivity contribution in [3.8, 4) is 0 Å². The lowest BCUT2D eigenvalue weighted by atomic mass is 10.2. The number of hydrogen-bond donors (Lipinski definition) is 0. The van der Waals surface area contributed by atoms with E-state index in [0.717, 1.165) is 22.0 Å². The number of pyridine rings is 1. The molecule has 0 radical (unpaired) electrons. The molecule has 15 heavy (non-hydrogen) atoms. The molecule has 0 saturated heterocycles. The second-order valence-electron chi connectivity index (χ2n) is 4.20.